The van der Waals surface area contributed by atoms with Crippen LogP contribution >= 0.6 is 35.0 Å². The standard InChI is InChI=1S/C30H33Cl2F3N4O2S/c1-17(2)23-24(26(40)38(18(3)4)16-15-37(6)27(41)30(33,34)35)42-28-36-29(5,20-9-13-22(32)14-10-20)25(39(23)28)19-7-11-21(31)12-8-19/h7-14,17-18,25H,15-16H2,1-6H3/t25-,29+/m1/s1. The molecule has 0 unspecified atom stereocenters. The molecule has 2 aromatic rings. The average molecular weight is 642 g/mol. The molecule has 0 fully saturated rings. The molecule has 0 radical (unpaired) electrons. The highest BCUT2D eigenvalue weighted by Crippen LogP contribution is 2.56. The minimum absolute atomic E-state index is 0.0557. The van der Waals surface area contributed by atoms with Crippen molar-refractivity contribution < 1.29 is 22.8 Å². The van der Waals surface area contributed by atoms with Crippen LogP contribution in [0.2, 0.25) is 10.0 Å². The van der Waals surface area contributed by atoms with Crippen molar-refractivity contribution in [3.63, 3.8) is 0 Å². The maximum absolute atomic E-state index is 14.1. The molecule has 0 aliphatic carbocycles. The van der Waals surface area contributed by atoms with Crippen molar-refractivity contribution in [1.82, 2.24) is 14.7 Å². The largest absolute Gasteiger partial charge is 0.471 e. The Morgan fingerprint density at radius 3 is 2.05 bits per heavy atom. The molecule has 2 amide bonds. The number of alkyl halides is 3. The zero-order valence-corrected chi connectivity index (χ0v) is 26.5. The van der Waals surface area contributed by atoms with E-state index in [1.165, 1.54) is 16.7 Å². The van der Waals surface area contributed by atoms with Gasteiger partial charge in [-0.15, -0.1) is 0 Å². The van der Waals surface area contributed by atoms with E-state index in [1.807, 2.05) is 62.4 Å². The van der Waals surface area contributed by atoms with Gasteiger partial charge in [0.1, 0.15) is 10.4 Å². The van der Waals surface area contributed by atoms with E-state index in [1.54, 1.807) is 13.8 Å². The van der Waals surface area contributed by atoms with Gasteiger partial charge in [-0.3, -0.25) is 9.59 Å². The number of hydrogen-bond donors (Lipinski definition) is 0. The van der Waals surface area contributed by atoms with Gasteiger partial charge in [-0.05, 0) is 73.8 Å². The van der Waals surface area contributed by atoms with E-state index in [9.17, 15) is 22.8 Å². The number of hydrogen-bond acceptors (Lipinski definition) is 5. The van der Waals surface area contributed by atoms with Crippen LogP contribution in [0.4, 0.5) is 13.2 Å². The fourth-order valence-corrected chi connectivity index (χ4v) is 6.98. The lowest BCUT2D eigenvalue weighted by atomic mass is 9.81. The number of likely N-dealkylation sites (N-methyl/N-ethyl adjacent to an activating group) is 1. The number of carbonyl (C=O) groups excluding carboxylic acids is 2. The molecule has 12 heteroatoms. The molecule has 0 saturated carbocycles. The van der Waals surface area contributed by atoms with E-state index >= 15 is 0 Å². The zero-order valence-electron chi connectivity index (χ0n) is 24.2. The second kappa shape index (κ2) is 12.1. The van der Waals surface area contributed by atoms with E-state index in [0.717, 1.165) is 23.9 Å². The highest BCUT2D eigenvalue weighted by molar-refractivity contribution is 8.18. The van der Waals surface area contributed by atoms with E-state index < -0.39 is 17.6 Å². The molecule has 0 spiro atoms. The summed E-state index contributed by atoms with van der Waals surface area (Å²) in [5.74, 6) is -2.35. The van der Waals surface area contributed by atoms with Crippen LogP contribution in [-0.4, -0.2) is 64.0 Å². The Morgan fingerprint density at radius 2 is 1.55 bits per heavy atom. The predicted octanol–water partition coefficient (Wildman–Crippen LogP) is 7.49. The maximum Gasteiger partial charge on any atom is 0.471 e. The number of carbonyl (C=O) groups is 2. The smallest absolute Gasteiger partial charge is 0.336 e. The van der Waals surface area contributed by atoms with Gasteiger partial charge in [0.05, 0.1) is 6.04 Å². The summed E-state index contributed by atoms with van der Waals surface area (Å²) >= 11 is 13.7. The monoisotopic (exact) mass is 640 g/mol. The van der Waals surface area contributed by atoms with Crippen molar-refractivity contribution in [2.24, 2.45) is 10.9 Å². The number of rotatable bonds is 8. The second-order valence-electron chi connectivity index (χ2n) is 11.2. The Kier molecular flexibility index (Phi) is 9.31. The summed E-state index contributed by atoms with van der Waals surface area (Å²) in [6, 6.07) is 14.5. The van der Waals surface area contributed by atoms with Crippen molar-refractivity contribution in [1.29, 1.82) is 0 Å². The quantitative estimate of drug-likeness (QED) is 0.300. The zero-order chi connectivity index (χ0) is 31.1. The van der Waals surface area contributed by atoms with Gasteiger partial charge < -0.3 is 14.7 Å². The van der Waals surface area contributed by atoms with E-state index in [-0.39, 0.29) is 37.0 Å². The van der Waals surface area contributed by atoms with Crippen LogP contribution < -0.4 is 0 Å². The molecule has 0 saturated heterocycles. The lowest BCUT2D eigenvalue weighted by Crippen LogP contribution is -2.46. The van der Waals surface area contributed by atoms with Gasteiger partial charge in [-0.1, -0.05) is 61.3 Å². The number of benzene rings is 2. The molecule has 2 atom stereocenters. The summed E-state index contributed by atoms with van der Waals surface area (Å²) in [4.78, 5) is 35.6. The van der Waals surface area contributed by atoms with Crippen LogP contribution in [-0.2, 0) is 15.1 Å². The SMILES string of the molecule is CC(C)C1=C(C(=O)N(CCN(C)C(=O)C(F)(F)F)C(C)C)SC2=N[C@@](C)(c3ccc(Cl)cc3)[C@@H](c3ccc(Cl)cc3)N21. The van der Waals surface area contributed by atoms with Crippen LogP contribution in [0.1, 0.15) is 51.8 Å². The number of allylic oxidation sites excluding steroid dienone is 1. The number of aliphatic imine (C=N–C) groups is 1. The number of nitrogens with zero attached hydrogens (tertiary/aromatic N) is 4. The van der Waals surface area contributed by atoms with E-state index in [2.05, 4.69) is 11.8 Å². The molecule has 4 rings (SSSR count). The Bertz CT molecular complexity index is 1410. The van der Waals surface area contributed by atoms with Gasteiger partial charge >= 0.3 is 12.1 Å². The third-order valence-electron chi connectivity index (χ3n) is 7.52. The minimum atomic E-state index is -4.98. The van der Waals surface area contributed by atoms with Crippen molar-refractivity contribution in [2.45, 2.75) is 58.4 Å². The molecule has 2 aliphatic rings. The molecular weight excluding hydrogens is 608 g/mol. The lowest BCUT2D eigenvalue weighted by molar-refractivity contribution is -0.184. The van der Waals surface area contributed by atoms with Crippen LogP contribution in [0.5, 0.6) is 0 Å². The predicted molar refractivity (Wildman–Crippen MR) is 162 cm³/mol. The minimum Gasteiger partial charge on any atom is -0.336 e. The van der Waals surface area contributed by atoms with E-state index in [0.29, 0.717) is 25.0 Å². The topological polar surface area (TPSA) is 56.2 Å². The Morgan fingerprint density at radius 1 is 1.00 bits per heavy atom. The summed E-state index contributed by atoms with van der Waals surface area (Å²) in [7, 11) is 1.08. The first-order valence-electron chi connectivity index (χ1n) is 13.5. The third kappa shape index (κ3) is 6.17. The number of fused-ring (bicyclic) bond motifs is 1. The fraction of sp³-hybridized carbons (Fsp3) is 0.433. The Hall–Kier alpha value is -2.69. The first-order chi connectivity index (χ1) is 19.6. The molecule has 6 nitrogen and oxygen atoms in total. The molecule has 2 aromatic carbocycles. The van der Waals surface area contributed by atoms with Gasteiger partial charge in [0.2, 0.25) is 0 Å². The second-order valence-corrected chi connectivity index (χ2v) is 13.0. The number of amides is 2. The molecule has 0 bridgehead atoms. The summed E-state index contributed by atoms with van der Waals surface area (Å²) < 4.78 is 38.8. The molecule has 226 valence electrons. The summed E-state index contributed by atoms with van der Waals surface area (Å²) in [6.45, 7) is 9.33. The summed E-state index contributed by atoms with van der Waals surface area (Å²) in [5, 5.41) is 1.87. The Balaban J connectivity index is 1.75. The molecular formula is C30H33Cl2F3N4O2S. The highest BCUT2D eigenvalue weighted by Gasteiger charge is 2.53. The number of halogens is 5. The van der Waals surface area contributed by atoms with Crippen molar-refractivity contribution in [3.8, 4) is 0 Å². The van der Waals surface area contributed by atoms with Gasteiger partial charge in [-0.2, -0.15) is 13.2 Å². The first-order valence-corrected chi connectivity index (χ1v) is 15.1. The summed E-state index contributed by atoms with van der Waals surface area (Å²) in [5.41, 5.74) is 1.96. The van der Waals surface area contributed by atoms with E-state index in [4.69, 9.17) is 28.2 Å². The van der Waals surface area contributed by atoms with Gasteiger partial charge in [0.25, 0.3) is 5.91 Å². The van der Waals surface area contributed by atoms with Crippen molar-refractivity contribution in [3.05, 3.63) is 80.3 Å². The number of thioether (sulfide) groups is 1. The van der Waals surface area contributed by atoms with Crippen molar-refractivity contribution >= 4 is 51.9 Å². The molecule has 42 heavy (non-hydrogen) atoms. The van der Waals surface area contributed by atoms with Crippen LogP contribution in [0.25, 0.3) is 0 Å². The van der Waals surface area contributed by atoms with Gasteiger partial charge in [0.15, 0.2) is 5.17 Å². The summed E-state index contributed by atoms with van der Waals surface area (Å²) in [6.07, 6.45) is -4.98. The normalized spacial score (nSPS) is 20.4. The lowest BCUT2D eigenvalue weighted by Gasteiger charge is -2.37. The molecule has 2 heterocycles. The average Bonchev–Trinajstić information content (AvgIpc) is 3.41. The highest BCUT2D eigenvalue weighted by atomic mass is 35.5. The first kappa shape index (κ1) is 32.2. The maximum atomic E-state index is 14.1. The number of amidine groups is 1. The van der Waals surface area contributed by atoms with Crippen LogP contribution in [0, 0.1) is 5.92 Å². The third-order valence-corrected chi connectivity index (χ3v) is 9.08. The van der Waals surface area contributed by atoms with Crippen LogP contribution in [0.3, 0.4) is 0 Å². The Labute approximate surface area is 258 Å². The van der Waals surface area contributed by atoms with Gasteiger partial charge in [0, 0.05) is 41.9 Å². The van der Waals surface area contributed by atoms with Gasteiger partial charge in [-0.25, -0.2) is 4.99 Å². The molecule has 0 N–H and O–H groups in total. The fourth-order valence-electron chi connectivity index (χ4n) is 5.36. The van der Waals surface area contributed by atoms with Crippen LogP contribution in [0.15, 0.2) is 64.1 Å². The van der Waals surface area contributed by atoms with Crippen molar-refractivity contribution in [2.75, 3.05) is 20.1 Å². The molecule has 2 aliphatic heterocycles. The molecule has 0 aromatic heterocycles.